The molecule has 0 atom stereocenters. The molecule has 0 aliphatic heterocycles. The zero-order valence-corrected chi connectivity index (χ0v) is 21.3. The summed E-state index contributed by atoms with van der Waals surface area (Å²) >= 11 is 0. The average molecular weight is 551 g/mol. The molecule has 0 saturated carbocycles. The van der Waals surface area contributed by atoms with Crippen molar-refractivity contribution < 1.29 is 27.3 Å². The molecular weight excluding hydrogens is 524 g/mol. The van der Waals surface area contributed by atoms with E-state index < -0.39 is 22.0 Å². The van der Waals surface area contributed by atoms with Crippen LogP contribution in [0.2, 0.25) is 0 Å². The second-order valence-electron chi connectivity index (χ2n) is 7.45. The number of carbonyl (C=O) groups is 2. The summed E-state index contributed by atoms with van der Waals surface area (Å²) in [7, 11) is -3.67. The SMILES string of the molecule is CS(=O)(=O)O.Cl.N=C(N)c1ccc2c(CCC(N)=O)c(OC(=O)c3ccc(N=CNN)cc3)ccc2c1. The lowest BCUT2D eigenvalue weighted by Crippen LogP contribution is -2.18. The third-order valence-corrected chi connectivity index (χ3v) is 4.61. The summed E-state index contributed by atoms with van der Waals surface area (Å²) in [5, 5.41) is 9.21. The van der Waals surface area contributed by atoms with Crippen molar-refractivity contribution in [1.82, 2.24) is 5.43 Å². The molecule has 0 aromatic heterocycles. The van der Waals surface area contributed by atoms with E-state index in [1.54, 1.807) is 54.6 Å². The number of esters is 1. The molecule has 0 heterocycles. The van der Waals surface area contributed by atoms with E-state index >= 15 is 0 Å². The highest BCUT2D eigenvalue weighted by Crippen LogP contribution is 2.31. The van der Waals surface area contributed by atoms with Crippen LogP contribution in [0.15, 0.2) is 59.6 Å². The number of aliphatic imine (C=N–C) groups is 1. The number of nitrogen functional groups attached to an aromatic ring is 1. The molecule has 3 aromatic rings. The van der Waals surface area contributed by atoms with E-state index in [2.05, 4.69) is 10.4 Å². The Balaban J connectivity index is 0.00000104. The Bertz CT molecular complexity index is 1400. The zero-order chi connectivity index (χ0) is 26.9. The number of primary amides is 1. The molecule has 0 radical (unpaired) electrons. The third-order valence-electron chi connectivity index (χ3n) is 4.61. The number of carbonyl (C=O) groups excluding carboxylic acids is 2. The lowest BCUT2D eigenvalue weighted by atomic mass is 9.97. The van der Waals surface area contributed by atoms with Gasteiger partial charge in [-0.3, -0.25) is 14.8 Å². The maximum absolute atomic E-state index is 12.7. The maximum atomic E-state index is 12.7. The molecule has 12 nitrogen and oxygen atoms in total. The highest BCUT2D eigenvalue weighted by Gasteiger charge is 2.16. The van der Waals surface area contributed by atoms with Crippen LogP contribution in [0.1, 0.15) is 27.9 Å². The summed E-state index contributed by atoms with van der Waals surface area (Å²) in [5.74, 6) is 4.42. The second-order valence-corrected chi connectivity index (χ2v) is 8.92. The van der Waals surface area contributed by atoms with Gasteiger partial charge in [-0.25, -0.2) is 15.6 Å². The minimum absolute atomic E-state index is 0. The summed E-state index contributed by atoms with van der Waals surface area (Å²) in [6.45, 7) is 0. The Morgan fingerprint density at radius 2 is 1.68 bits per heavy atom. The Labute approximate surface area is 219 Å². The first-order chi connectivity index (χ1) is 16.9. The van der Waals surface area contributed by atoms with Gasteiger partial charge in [-0.05, 0) is 53.6 Å². The van der Waals surface area contributed by atoms with Gasteiger partial charge in [-0.1, -0.05) is 18.2 Å². The van der Waals surface area contributed by atoms with E-state index in [-0.39, 0.29) is 24.7 Å². The van der Waals surface area contributed by atoms with Gasteiger partial charge in [0.05, 0.1) is 17.5 Å². The molecule has 0 bridgehead atoms. The van der Waals surface area contributed by atoms with Crippen LogP contribution < -0.4 is 27.5 Å². The van der Waals surface area contributed by atoms with Crippen LogP contribution in [0.4, 0.5) is 5.69 Å². The number of hydrazine groups is 1. The molecule has 3 aromatic carbocycles. The van der Waals surface area contributed by atoms with Crippen molar-refractivity contribution >= 4 is 63.0 Å². The molecular formula is C23H27ClN6O6S. The van der Waals surface area contributed by atoms with Gasteiger partial charge in [0.2, 0.25) is 5.91 Å². The summed E-state index contributed by atoms with van der Waals surface area (Å²) in [6.07, 6.45) is 2.44. The van der Waals surface area contributed by atoms with Gasteiger partial charge in [-0.15, -0.1) is 12.4 Å². The lowest BCUT2D eigenvalue weighted by Gasteiger charge is -2.14. The number of benzene rings is 3. The van der Waals surface area contributed by atoms with Crippen LogP contribution in [0.5, 0.6) is 5.75 Å². The summed E-state index contributed by atoms with van der Waals surface area (Å²) in [4.78, 5) is 28.1. The van der Waals surface area contributed by atoms with E-state index in [4.69, 9.17) is 32.0 Å². The summed E-state index contributed by atoms with van der Waals surface area (Å²) in [6, 6.07) is 15.2. The minimum Gasteiger partial charge on any atom is -0.423 e. The van der Waals surface area contributed by atoms with Crippen LogP contribution in [-0.2, 0) is 21.3 Å². The van der Waals surface area contributed by atoms with Crippen molar-refractivity contribution in [1.29, 1.82) is 5.41 Å². The fourth-order valence-electron chi connectivity index (χ4n) is 3.10. The molecule has 14 heteroatoms. The van der Waals surface area contributed by atoms with Crippen LogP contribution in [0.3, 0.4) is 0 Å². The van der Waals surface area contributed by atoms with Crippen LogP contribution in [-0.4, -0.2) is 43.3 Å². The number of rotatable bonds is 8. The maximum Gasteiger partial charge on any atom is 0.343 e. The van der Waals surface area contributed by atoms with Crippen molar-refractivity contribution in [3.05, 3.63) is 71.3 Å². The summed E-state index contributed by atoms with van der Waals surface area (Å²) in [5.41, 5.74) is 15.4. The molecule has 0 aliphatic carbocycles. The fraction of sp³-hybridized carbons (Fsp3) is 0.130. The van der Waals surface area contributed by atoms with Gasteiger partial charge >= 0.3 is 5.97 Å². The van der Waals surface area contributed by atoms with E-state index in [0.717, 1.165) is 10.8 Å². The van der Waals surface area contributed by atoms with Gasteiger partial charge < -0.3 is 21.6 Å². The largest absolute Gasteiger partial charge is 0.423 e. The highest BCUT2D eigenvalue weighted by molar-refractivity contribution is 7.85. The Morgan fingerprint density at radius 1 is 1.08 bits per heavy atom. The molecule has 0 saturated heterocycles. The van der Waals surface area contributed by atoms with Gasteiger partial charge in [0.15, 0.2) is 0 Å². The standard InChI is InChI=1S/C22H22N6O3.CH4O3S.ClH/c23-20(29)10-8-18-17-7-3-15(21(24)25)11-14(17)4-9-19(18)31-22(30)13-1-5-16(6-2-13)27-12-28-26;1-5(2,3)4;/h1-7,9,11-12H,8,10,26H2,(H2,23,29)(H3,24,25)(H,27,28);1H3,(H,2,3,4);1H. The number of amidine groups is 1. The Hall–Kier alpha value is -4.04. The number of hydrogen-bond acceptors (Lipinski definition) is 8. The van der Waals surface area contributed by atoms with Gasteiger partial charge in [0.25, 0.3) is 10.1 Å². The Kier molecular flexibility index (Phi) is 11.6. The first-order valence-electron chi connectivity index (χ1n) is 10.3. The third kappa shape index (κ3) is 10.2. The second kappa shape index (κ2) is 13.9. The predicted molar refractivity (Wildman–Crippen MR) is 144 cm³/mol. The molecule has 0 aliphatic rings. The van der Waals surface area contributed by atoms with E-state index in [0.29, 0.717) is 40.8 Å². The number of amides is 1. The molecule has 9 N–H and O–H groups in total. The van der Waals surface area contributed by atoms with Gasteiger partial charge in [0.1, 0.15) is 17.9 Å². The Morgan fingerprint density at radius 3 is 2.22 bits per heavy atom. The molecule has 3 rings (SSSR count). The van der Waals surface area contributed by atoms with Crippen molar-refractivity contribution in [3.8, 4) is 5.75 Å². The molecule has 37 heavy (non-hydrogen) atoms. The van der Waals surface area contributed by atoms with Crippen molar-refractivity contribution in [2.24, 2.45) is 22.3 Å². The fourth-order valence-corrected chi connectivity index (χ4v) is 3.10. The van der Waals surface area contributed by atoms with E-state index in [9.17, 15) is 18.0 Å². The molecule has 0 fully saturated rings. The van der Waals surface area contributed by atoms with Crippen molar-refractivity contribution in [2.45, 2.75) is 12.8 Å². The normalized spacial score (nSPS) is 10.7. The quantitative estimate of drug-likeness (QED) is 0.0456. The molecule has 198 valence electrons. The molecule has 0 unspecified atom stereocenters. The average Bonchev–Trinajstić information content (AvgIpc) is 2.80. The number of fused-ring (bicyclic) bond motifs is 1. The number of aryl methyl sites for hydroxylation is 1. The highest BCUT2D eigenvalue weighted by atomic mass is 35.5. The summed E-state index contributed by atoms with van der Waals surface area (Å²) < 4.78 is 31.5. The first-order valence-corrected chi connectivity index (χ1v) is 12.2. The minimum atomic E-state index is -3.67. The van der Waals surface area contributed by atoms with Crippen LogP contribution in [0, 0.1) is 5.41 Å². The number of ether oxygens (including phenoxy) is 1. The zero-order valence-electron chi connectivity index (χ0n) is 19.7. The van der Waals surface area contributed by atoms with Crippen LogP contribution in [0.25, 0.3) is 10.8 Å². The predicted octanol–water partition coefficient (Wildman–Crippen LogP) is 1.81. The number of hydrogen-bond donors (Lipinski definition) is 6. The van der Waals surface area contributed by atoms with Gasteiger partial charge in [-0.2, -0.15) is 8.42 Å². The van der Waals surface area contributed by atoms with Crippen molar-refractivity contribution in [2.75, 3.05) is 6.26 Å². The number of nitrogens with one attached hydrogen (secondary N) is 2. The van der Waals surface area contributed by atoms with Crippen molar-refractivity contribution in [3.63, 3.8) is 0 Å². The lowest BCUT2D eigenvalue weighted by molar-refractivity contribution is -0.117. The van der Waals surface area contributed by atoms with Crippen LogP contribution >= 0.6 is 12.4 Å². The number of halogens is 1. The molecule has 1 amide bonds. The topological polar surface area (TPSA) is 224 Å². The van der Waals surface area contributed by atoms with Gasteiger partial charge in [0, 0.05) is 17.5 Å². The smallest absolute Gasteiger partial charge is 0.343 e. The monoisotopic (exact) mass is 550 g/mol. The van der Waals surface area contributed by atoms with E-state index in [1.807, 2.05) is 0 Å². The molecule has 0 spiro atoms. The number of nitrogens with two attached hydrogens (primary N) is 3. The van der Waals surface area contributed by atoms with E-state index in [1.165, 1.54) is 6.34 Å². The number of nitrogens with zero attached hydrogens (tertiary/aromatic N) is 1. The first kappa shape index (κ1) is 31.0.